The molecule has 1 atom stereocenters. The topological polar surface area (TPSA) is 95.9 Å². The van der Waals surface area contributed by atoms with Crippen molar-refractivity contribution in [1.82, 2.24) is 4.90 Å². The van der Waals surface area contributed by atoms with Crippen LogP contribution in [0.25, 0.3) is 0 Å². The van der Waals surface area contributed by atoms with Crippen LogP contribution in [-0.2, 0) is 19.6 Å². The lowest BCUT2D eigenvalue weighted by Gasteiger charge is -2.13. The molecule has 0 aromatic heterocycles. The maximum Gasteiger partial charge on any atom is 0.284 e. The molecule has 11 heteroatoms. The molecule has 1 fully saturated rings. The molecule has 0 bridgehead atoms. The second kappa shape index (κ2) is 9.51. The van der Waals surface area contributed by atoms with Gasteiger partial charge in [0.15, 0.2) is 5.17 Å². The number of hydrogen-bond acceptors (Lipinski definition) is 5. The molecule has 1 heterocycles. The second-order valence-electron chi connectivity index (χ2n) is 6.25. The van der Waals surface area contributed by atoms with E-state index < -0.39 is 15.3 Å². The number of thioether (sulfide) groups is 1. The van der Waals surface area contributed by atoms with Crippen LogP contribution in [0.5, 0.6) is 0 Å². The summed E-state index contributed by atoms with van der Waals surface area (Å²) in [6.45, 7) is 1.96. The molecule has 2 aromatic rings. The number of carbonyl (C=O) groups is 2. The number of rotatable bonds is 6. The van der Waals surface area contributed by atoms with Gasteiger partial charge in [0.2, 0.25) is 11.8 Å². The van der Waals surface area contributed by atoms with Gasteiger partial charge < -0.3 is 5.32 Å². The minimum Gasteiger partial charge on any atom is -0.326 e. The highest BCUT2D eigenvalue weighted by atomic mass is 79.9. The molecule has 7 nitrogen and oxygen atoms in total. The Kier molecular flexibility index (Phi) is 7.22. The summed E-state index contributed by atoms with van der Waals surface area (Å²) in [4.78, 5) is 26.3. The predicted octanol–water partition coefficient (Wildman–Crippen LogP) is 4.14. The Morgan fingerprint density at radius 3 is 2.43 bits per heavy atom. The van der Waals surface area contributed by atoms with Crippen LogP contribution in [-0.4, -0.2) is 42.1 Å². The largest absolute Gasteiger partial charge is 0.326 e. The fourth-order valence-electron chi connectivity index (χ4n) is 2.68. The van der Waals surface area contributed by atoms with Crippen molar-refractivity contribution in [3.05, 3.63) is 58.0 Å². The molecule has 1 saturated heterocycles. The van der Waals surface area contributed by atoms with E-state index in [1.54, 1.807) is 43.3 Å². The van der Waals surface area contributed by atoms with Gasteiger partial charge >= 0.3 is 0 Å². The summed E-state index contributed by atoms with van der Waals surface area (Å²) >= 11 is 10.1. The number of carbonyl (C=O) groups excluding carboxylic acids is 2. The van der Waals surface area contributed by atoms with E-state index in [9.17, 15) is 18.0 Å². The maximum absolute atomic E-state index is 12.7. The van der Waals surface area contributed by atoms with Crippen LogP contribution >= 0.6 is 39.3 Å². The molecule has 0 saturated carbocycles. The van der Waals surface area contributed by atoms with Gasteiger partial charge in [-0.05, 0) is 55.5 Å². The van der Waals surface area contributed by atoms with Gasteiger partial charge in [-0.2, -0.15) is 8.42 Å². The molecule has 0 radical (unpaired) electrons. The van der Waals surface area contributed by atoms with Gasteiger partial charge in [-0.1, -0.05) is 39.3 Å². The van der Waals surface area contributed by atoms with E-state index in [1.807, 2.05) is 0 Å². The third-order valence-electron chi connectivity index (χ3n) is 4.14. The van der Waals surface area contributed by atoms with E-state index in [0.717, 1.165) is 16.2 Å². The van der Waals surface area contributed by atoms with Gasteiger partial charge in [0, 0.05) is 28.1 Å². The van der Waals surface area contributed by atoms with Crippen molar-refractivity contribution < 1.29 is 18.0 Å². The molecule has 158 valence electrons. The molecule has 0 aliphatic carbocycles. The number of amidine groups is 1. The van der Waals surface area contributed by atoms with E-state index in [1.165, 1.54) is 17.0 Å². The Hall–Kier alpha value is -1.88. The second-order valence-corrected chi connectivity index (χ2v) is 10.4. The molecule has 2 amide bonds. The van der Waals surface area contributed by atoms with Gasteiger partial charge in [0.1, 0.15) is 5.25 Å². The van der Waals surface area contributed by atoms with Gasteiger partial charge in [0.25, 0.3) is 10.0 Å². The van der Waals surface area contributed by atoms with Crippen molar-refractivity contribution in [2.75, 3.05) is 11.9 Å². The van der Waals surface area contributed by atoms with E-state index >= 15 is 0 Å². The van der Waals surface area contributed by atoms with Crippen molar-refractivity contribution in [3.63, 3.8) is 0 Å². The lowest BCUT2D eigenvalue weighted by atomic mass is 10.2. The first kappa shape index (κ1) is 22.8. The molecule has 0 spiro atoms. The van der Waals surface area contributed by atoms with E-state index in [4.69, 9.17) is 11.6 Å². The fourth-order valence-corrected chi connectivity index (χ4v) is 5.49. The molecule has 1 aliphatic rings. The summed E-state index contributed by atoms with van der Waals surface area (Å²) in [5.41, 5.74) is 0.555. The zero-order valence-electron chi connectivity index (χ0n) is 15.7. The average molecular weight is 531 g/mol. The highest BCUT2D eigenvalue weighted by Gasteiger charge is 2.39. The lowest BCUT2D eigenvalue weighted by molar-refractivity contribution is -0.128. The highest BCUT2D eigenvalue weighted by molar-refractivity contribution is 9.10. The summed E-state index contributed by atoms with van der Waals surface area (Å²) in [6.07, 6.45) is -0.111. The zero-order chi connectivity index (χ0) is 21.9. The third kappa shape index (κ3) is 5.42. The Morgan fingerprint density at radius 1 is 1.20 bits per heavy atom. The van der Waals surface area contributed by atoms with Gasteiger partial charge in [0.05, 0.1) is 4.90 Å². The van der Waals surface area contributed by atoms with E-state index in [0.29, 0.717) is 10.7 Å². The molecular formula is C19H17BrClN3O4S2. The third-order valence-corrected chi connectivity index (χ3v) is 7.50. The van der Waals surface area contributed by atoms with E-state index in [2.05, 4.69) is 25.6 Å². The van der Waals surface area contributed by atoms with E-state index in [-0.39, 0.29) is 34.8 Å². The summed E-state index contributed by atoms with van der Waals surface area (Å²) in [7, 11) is -3.99. The van der Waals surface area contributed by atoms with Gasteiger partial charge in [-0.25, -0.2) is 0 Å². The number of halogens is 2. The Balaban J connectivity index is 1.75. The first-order chi connectivity index (χ1) is 14.2. The minimum absolute atomic E-state index is 0.0197. The maximum atomic E-state index is 12.7. The SMILES string of the molecule is CCN1C(=O)[C@H](CC(=O)Nc2ccc(Cl)cc2)SC1=NS(=O)(=O)c1ccc(Br)cc1. The lowest BCUT2D eigenvalue weighted by Crippen LogP contribution is -2.33. The van der Waals surface area contributed by atoms with Crippen LogP contribution in [0.4, 0.5) is 5.69 Å². The number of hydrogen-bond donors (Lipinski definition) is 1. The van der Waals surface area contributed by atoms with Crippen molar-refractivity contribution in [2.45, 2.75) is 23.5 Å². The molecule has 1 N–H and O–H groups in total. The van der Waals surface area contributed by atoms with Crippen molar-refractivity contribution in [3.8, 4) is 0 Å². The first-order valence-corrected chi connectivity index (χ1v) is 12.3. The quantitative estimate of drug-likeness (QED) is 0.606. The predicted molar refractivity (Wildman–Crippen MR) is 122 cm³/mol. The molecule has 0 unspecified atom stereocenters. The van der Waals surface area contributed by atoms with Crippen molar-refractivity contribution in [2.24, 2.45) is 4.40 Å². The van der Waals surface area contributed by atoms with Crippen LogP contribution < -0.4 is 5.32 Å². The number of sulfonamides is 1. The van der Waals surface area contributed by atoms with Crippen LogP contribution in [0.15, 0.2) is 62.3 Å². The number of nitrogens with zero attached hydrogens (tertiary/aromatic N) is 2. The Bertz CT molecular complexity index is 1090. The van der Waals surface area contributed by atoms with Crippen molar-refractivity contribution >= 4 is 72.0 Å². The van der Waals surface area contributed by atoms with Gasteiger partial charge in [-0.3, -0.25) is 14.5 Å². The minimum atomic E-state index is -3.99. The van der Waals surface area contributed by atoms with Crippen LogP contribution in [0.2, 0.25) is 5.02 Å². The average Bonchev–Trinajstić information content (AvgIpc) is 2.97. The molecule has 2 aromatic carbocycles. The molecule has 30 heavy (non-hydrogen) atoms. The summed E-state index contributed by atoms with van der Waals surface area (Å²) in [5.74, 6) is -0.713. The van der Waals surface area contributed by atoms with Crippen LogP contribution in [0.1, 0.15) is 13.3 Å². The Labute approximate surface area is 192 Å². The number of amides is 2. The zero-order valence-corrected chi connectivity index (χ0v) is 19.7. The molecule has 1 aliphatic heterocycles. The molecule has 3 rings (SSSR count). The number of benzene rings is 2. The fraction of sp³-hybridized carbons (Fsp3) is 0.211. The summed E-state index contributed by atoms with van der Waals surface area (Å²) in [5, 5.41) is 2.55. The highest BCUT2D eigenvalue weighted by Crippen LogP contribution is 2.31. The van der Waals surface area contributed by atoms with Crippen molar-refractivity contribution in [1.29, 1.82) is 0 Å². The standard InChI is InChI=1S/C19H17BrClN3O4S2/c1-2-24-18(26)16(11-17(25)22-14-7-5-13(21)6-8-14)29-19(24)23-30(27,28)15-9-3-12(20)4-10-15/h3-10,16H,2,11H2,1H3,(H,22,25)/t16-/m0/s1. The molecular weight excluding hydrogens is 514 g/mol. The van der Waals surface area contributed by atoms with Crippen LogP contribution in [0.3, 0.4) is 0 Å². The normalized spacial score (nSPS) is 18.1. The van der Waals surface area contributed by atoms with Gasteiger partial charge in [-0.15, -0.1) is 4.40 Å². The summed E-state index contributed by atoms with van der Waals surface area (Å²) < 4.78 is 29.8. The number of anilines is 1. The first-order valence-electron chi connectivity index (χ1n) is 8.83. The number of nitrogens with one attached hydrogen (secondary N) is 1. The summed E-state index contributed by atoms with van der Waals surface area (Å²) in [6, 6.07) is 12.6. The Morgan fingerprint density at radius 2 is 1.83 bits per heavy atom. The smallest absolute Gasteiger partial charge is 0.284 e. The monoisotopic (exact) mass is 529 g/mol. The van der Waals surface area contributed by atoms with Crippen LogP contribution in [0, 0.1) is 0 Å².